The highest BCUT2D eigenvalue weighted by Gasteiger charge is 2.10. The van der Waals surface area contributed by atoms with Crippen LogP contribution in [0.25, 0.3) is 5.69 Å². The molecule has 0 N–H and O–H groups in total. The molecule has 0 spiro atoms. The molecule has 1 aromatic heterocycles. The predicted molar refractivity (Wildman–Crippen MR) is 73.9 cm³/mol. The Hall–Kier alpha value is -1.83. The molecule has 2 aromatic rings. The normalized spacial score (nSPS) is 10.2. The van der Waals surface area contributed by atoms with Crippen LogP contribution in [0, 0.1) is 18.3 Å². The van der Waals surface area contributed by atoms with Crippen molar-refractivity contribution < 1.29 is 0 Å². The second-order valence-corrected chi connectivity index (χ2v) is 4.78. The fraction of sp³-hybridized carbons (Fsp3) is 0.154. The number of aryl methyl sites for hydroxylation is 1. The average Bonchev–Trinajstić information content (AvgIpc) is 2.34. The van der Waals surface area contributed by atoms with Crippen LogP contribution in [0.5, 0.6) is 0 Å². The lowest BCUT2D eigenvalue weighted by atomic mass is 10.2. The summed E-state index contributed by atoms with van der Waals surface area (Å²) in [6, 6.07) is 8.35. The van der Waals surface area contributed by atoms with Crippen molar-refractivity contribution in [1.82, 2.24) is 9.78 Å². The molecule has 19 heavy (non-hydrogen) atoms. The van der Waals surface area contributed by atoms with E-state index in [1.165, 1.54) is 10.7 Å². The zero-order valence-corrected chi connectivity index (χ0v) is 11.5. The number of nitriles is 1. The van der Waals surface area contributed by atoms with E-state index in [9.17, 15) is 4.79 Å². The maximum absolute atomic E-state index is 11.7. The molecule has 0 atom stereocenters. The Morgan fingerprint density at radius 3 is 2.74 bits per heavy atom. The third-order valence-electron chi connectivity index (χ3n) is 2.56. The van der Waals surface area contributed by atoms with Crippen LogP contribution in [0.4, 0.5) is 0 Å². The summed E-state index contributed by atoms with van der Waals surface area (Å²) in [5.41, 5.74) is 1.19. The highest BCUT2D eigenvalue weighted by atomic mass is 35.5. The van der Waals surface area contributed by atoms with E-state index in [2.05, 4.69) is 5.10 Å². The molecule has 0 amide bonds. The van der Waals surface area contributed by atoms with Crippen molar-refractivity contribution in [2.75, 3.05) is 0 Å². The SMILES string of the molecule is Cc1cc(=O)c(CC#N)nn1-c1ccc(Cl)cc1Cl. The number of aromatic nitrogens is 2. The molecule has 1 aromatic carbocycles. The lowest BCUT2D eigenvalue weighted by molar-refractivity contribution is 0.767. The molecule has 0 saturated heterocycles. The van der Waals surface area contributed by atoms with Crippen LogP contribution in [0.1, 0.15) is 11.4 Å². The third kappa shape index (κ3) is 2.78. The van der Waals surface area contributed by atoms with Gasteiger partial charge in [-0.25, -0.2) is 4.68 Å². The number of hydrogen-bond donors (Lipinski definition) is 0. The van der Waals surface area contributed by atoms with Gasteiger partial charge in [0, 0.05) is 16.8 Å². The first-order chi connectivity index (χ1) is 9.02. The Labute approximate surface area is 119 Å². The molecule has 0 aliphatic rings. The van der Waals surface area contributed by atoms with Crippen LogP contribution >= 0.6 is 23.2 Å². The summed E-state index contributed by atoms with van der Waals surface area (Å²) in [4.78, 5) is 11.7. The van der Waals surface area contributed by atoms with E-state index in [1.54, 1.807) is 25.1 Å². The molecule has 2 rings (SSSR count). The van der Waals surface area contributed by atoms with Crippen LogP contribution in [0.3, 0.4) is 0 Å². The van der Waals surface area contributed by atoms with E-state index in [1.807, 2.05) is 6.07 Å². The number of benzene rings is 1. The van der Waals surface area contributed by atoms with Gasteiger partial charge in [0.2, 0.25) is 5.43 Å². The molecule has 0 bridgehead atoms. The highest BCUT2D eigenvalue weighted by molar-refractivity contribution is 6.35. The van der Waals surface area contributed by atoms with Gasteiger partial charge < -0.3 is 0 Å². The second kappa shape index (κ2) is 5.43. The first-order valence-electron chi connectivity index (χ1n) is 5.45. The van der Waals surface area contributed by atoms with Gasteiger partial charge in [0.25, 0.3) is 0 Å². The Balaban J connectivity index is 2.65. The summed E-state index contributed by atoms with van der Waals surface area (Å²) >= 11 is 12.0. The predicted octanol–water partition coefficient (Wildman–Crippen LogP) is 2.91. The van der Waals surface area contributed by atoms with Crippen molar-refractivity contribution in [1.29, 1.82) is 5.26 Å². The Morgan fingerprint density at radius 1 is 1.37 bits per heavy atom. The first kappa shape index (κ1) is 13.6. The molecule has 0 saturated carbocycles. The third-order valence-corrected chi connectivity index (χ3v) is 3.10. The van der Waals surface area contributed by atoms with Crippen molar-refractivity contribution >= 4 is 23.2 Å². The summed E-state index contributed by atoms with van der Waals surface area (Å²) in [6.07, 6.45) is -0.0374. The molecule has 4 nitrogen and oxygen atoms in total. The van der Waals surface area contributed by atoms with Gasteiger partial charge >= 0.3 is 0 Å². The van der Waals surface area contributed by atoms with Gasteiger partial charge in [-0.15, -0.1) is 0 Å². The summed E-state index contributed by atoms with van der Waals surface area (Å²) in [7, 11) is 0. The molecule has 0 aliphatic heterocycles. The van der Waals surface area contributed by atoms with Gasteiger partial charge in [0.05, 0.1) is 23.2 Å². The zero-order valence-electron chi connectivity index (χ0n) is 10.0. The van der Waals surface area contributed by atoms with E-state index < -0.39 is 0 Å². The standard InChI is InChI=1S/C13H9Cl2N3O/c1-8-6-13(19)11(4-5-16)17-18(8)12-3-2-9(14)7-10(12)15/h2-3,6-7H,4H2,1H3. The van der Waals surface area contributed by atoms with E-state index in [0.29, 0.717) is 21.4 Å². The monoisotopic (exact) mass is 293 g/mol. The minimum absolute atomic E-state index is 0.0374. The topological polar surface area (TPSA) is 58.7 Å². The summed E-state index contributed by atoms with van der Waals surface area (Å²) in [5, 5.41) is 13.8. The van der Waals surface area contributed by atoms with Crippen molar-refractivity contribution in [2.24, 2.45) is 0 Å². The molecule has 6 heteroatoms. The number of hydrogen-bond acceptors (Lipinski definition) is 3. The Morgan fingerprint density at radius 2 is 2.11 bits per heavy atom. The quantitative estimate of drug-likeness (QED) is 0.855. The fourth-order valence-corrected chi connectivity index (χ4v) is 2.17. The molecule has 1 heterocycles. The van der Waals surface area contributed by atoms with Crippen molar-refractivity contribution in [3.63, 3.8) is 0 Å². The van der Waals surface area contributed by atoms with E-state index in [4.69, 9.17) is 28.5 Å². The molecule has 0 fully saturated rings. The van der Waals surface area contributed by atoms with Crippen LogP contribution < -0.4 is 5.43 Å². The van der Waals surface area contributed by atoms with Crippen LogP contribution in [0.15, 0.2) is 29.1 Å². The Bertz CT molecular complexity index is 732. The number of nitrogens with zero attached hydrogens (tertiary/aromatic N) is 3. The molecule has 0 radical (unpaired) electrons. The van der Waals surface area contributed by atoms with Gasteiger partial charge in [-0.3, -0.25) is 4.79 Å². The van der Waals surface area contributed by atoms with Gasteiger partial charge in [-0.05, 0) is 25.1 Å². The van der Waals surface area contributed by atoms with Gasteiger partial charge in [-0.2, -0.15) is 10.4 Å². The number of rotatable bonds is 2. The second-order valence-electron chi connectivity index (χ2n) is 3.94. The fourth-order valence-electron chi connectivity index (χ4n) is 1.68. The van der Waals surface area contributed by atoms with Crippen molar-refractivity contribution in [2.45, 2.75) is 13.3 Å². The molecular formula is C13H9Cl2N3O. The van der Waals surface area contributed by atoms with Crippen molar-refractivity contribution in [3.05, 3.63) is 55.9 Å². The van der Waals surface area contributed by atoms with E-state index >= 15 is 0 Å². The van der Waals surface area contributed by atoms with E-state index in [-0.39, 0.29) is 17.5 Å². The minimum Gasteiger partial charge on any atom is -0.288 e. The van der Waals surface area contributed by atoms with Crippen LogP contribution in [-0.4, -0.2) is 9.78 Å². The average molecular weight is 294 g/mol. The molecule has 0 unspecified atom stereocenters. The molecule has 96 valence electrons. The lowest BCUT2D eigenvalue weighted by Crippen LogP contribution is -2.18. The highest BCUT2D eigenvalue weighted by Crippen LogP contribution is 2.24. The minimum atomic E-state index is -0.250. The smallest absolute Gasteiger partial charge is 0.204 e. The van der Waals surface area contributed by atoms with Crippen LogP contribution in [-0.2, 0) is 6.42 Å². The maximum Gasteiger partial charge on any atom is 0.204 e. The lowest BCUT2D eigenvalue weighted by Gasteiger charge is -2.12. The largest absolute Gasteiger partial charge is 0.288 e. The summed E-state index contributed by atoms with van der Waals surface area (Å²) in [5.74, 6) is 0. The zero-order chi connectivity index (χ0) is 14.0. The molecule has 0 aliphatic carbocycles. The first-order valence-corrected chi connectivity index (χ1v) is 6.20. The van der Waals surface area contributed by atoms with Gasteiger partial charge in [0.1, 0.15) is 5.69 Å². The Kier molecular flexibility index (Phi) is 3.89. The summed E-state index contributed by atoms with van der Waals surface area (Å²) < 4.78 is 1.53. The van der Waals surface area contributed by atoms with Crippen LogP contribution in [0.2, 0.25) is 10.0 Å². The summed E-state index contributed by atoms with van der Waals surface area (Å²) in [6.45, 7) is 1.75. The number of halogens is 2. The van der Waals surface area contributed by atoms with E-state index in [0.717, 1.165) is 0 Å². The van der Waals surface area contributed by atoms with Crippen molar-refractivity contribution in [3.8, 4) is 11.8 Å². The van der Waals surface area contributed by atoms with Gasteiger partial charge in [-0.1, -0.05) is 23.2 Å². The maximum atomic E-state index is 11.7. The van der Waals surface area contributed by atoms with Gasteiger partial charge in [0.15, 0.2) is 0 Å². The molecular weight excluding hydrogens is 285 g/mol.